The van der Waals surface area contributed by atoms with Crippen molar-refractivity contribution in [1.82, 2.24) is 15.3 Å². The minimum atomic E-state index is 0. The molecule has 0 bridgehead atoms. The smallest absolute Gasteiger partial charge is 0.229 e. The van der Waals surface area contributed by atoms with Crippen molar-refractivity contribution in [2.75, 3.05) is 11.9 Å². The number of pyridine rings is 1. The van der Waals surface area contributed by atoms with Gasteiger partial charge >= 0.3 is 0 Å². The molecule has 0 spiro atoms. The summed E-state index contributed by atoms with van der Waals surface area (Å²) in [4.78, 5) is 21.0. The van der Waals surface area contributed by atoms with Gasteiger partial charge < -0.3 is 10.6 Å². The van der Waals surface area contributed by atoms with E-state index >= 15 is 0 Å². The highest BCUT2D eigenvalue weighted by Crippen LogP contribution is 2.25. The number of halogens is 1. The van der Waals surface area contributed by atoms with Crippen molar-refractivity contribution in [3.8, 4) is 11.4 Å². The molecule has 2 aromatic rings. The van der Waals surface area contributed by atoms with Crippen molar-refractivity contribution in [3.63, 3.8) is 0 Å². The van der Waals surface area contributed by atoms with E-state index in [0.717, 1.165) is 30.8 Å². The first-order valence-corrected chi connectivity index (χ1v) is 8.01. The van der Waals surface area contributed by atoms with Gasteiger partial charge in [-0.2, -0.15) is 0 Å². The van der Waals surface area contributed by atoms with Crippen molar-refractivity contribution < 1.29 is 4.79 Å². The maximum absolute atomic E-state index is 12.3. The van der Waals surface area contributed by atoms with E-state index in [1.165, 1.54) is 11.3 Å². The van der Waals surface area contributed by atoms with Gasteiger partial charge in [-0.15, -0.1) is 23.7 Å². The van der Waals surface area contributed by atoms with Crippen LogP contribution in [-0.4, -0.2) is 28.5 Å². The SMILES string of the molecule is C[C@H]1C[C@@H](C(=O)Nc2nc(-c3ccccn3)cs2)CCN1.Cl. The predicted octanol–water partition coefficient (Wildman–Crippen LogP) is 2.95. The summed E-state index contributed by atoms with van der Waals surface area (Å²) in [6.45, 7) is 3.01. The molecule has 2 atom stereocenters. The number of nitrogens with zero attached hydrogens (tertiary/aromatic N) is 2. The zero-order valence-electron chi connectivity index (χ0n) is 12.3. The lowest BCUT2D eigenvalue weighted by molar-refractivity contribution is -0.120. The number of carbonyl (C=O) groups excluding carboxylic acids is 1. The maximum atomic E-state index is 12.3. The van der Waals surface area contributed by atoms with E-state index in [1.54, 1.807) is 6.20 Å². The molecule has 22 heavy (non-hydrogen) atoms. The van der Waals surface area contributed by atoms with Gasteiger partial charge in [-0.3, -0.25) is 9.78 Å². The zero-order valence-corrected chi connectivity index (χ0v) is 13.9. The Morgan fingerprint density at radius 3 is 3.00 bits per heavy atom. The molecule has 0 radical (unpaired) electrons. The number of hydrogen-bond donors (Lipinski definition) is 2. The normalized spacial score (nSPS) is 21.0. The summed E-state index contributed by atoms with van der Waals surface area (Å²) in [5.41, 5.74) is 1.62. The van der Waals surface area contributed by atoms with Crippen LogP contribution in [0.2, 0.25) is 0 Å². The van der Waals surface area contributed by atoms with Crippen LogP contribution in [0, 0.1) is 5.92 Å². The van der Waals surface area contributed by atoms with Crippen molar-refractivity contribution in [2.45, 2.75) is 25.8 Å². The van der Waals surface area contributed by atoms with Crippen LogP contribution < -0.4 is 10.6 Å². The van der Waals surface area contributed by atoms with E-state index in [1.807, 2.05) is 23.6 Å². The summed E-state index contributed by atoms with van der Waals surface area (Å²) < 4.78 is 0. The van der Waals surface area contributed by atoms with Gasteiger partial charge in [-0.1, -0.05) is 6.07 Å². The van der Waals surface area contributed by atoms with Crippen LogP contribution in [0.25, 0.3) is 11.4 Å². The maximum Gasteiger partial charge on any atom is 0.229 e. The number of anilines is 1. The highest BCUT2D eigenvalue weighted by atomic mass is 35.5. The number of carbonyl (C=O) groups is 1. The molecule has 7 heteroatoms. The highest BCUT2D eigenvalue weighted by Gasteiger charge is 2.25. The van der Waals surface area contributed by atoms with Crippen LogP contribution >= 0.6 is 23.7 Å². The molecule has 0 aliphatic carbocycles. The molecule has 1 amide bonds. The number of amides is 1. The molecule has 118 valence electrons. The molecule has 1 saturated heterocycles. The van der Waals surface area contributed by atoms with Gasteiger partial charge in [0.05, 0.1) is 5.69 Å². The van der Waals surface area contributed by atoms with Gasteiger partial charge in [0.1, 0.15) is 5.69 Å². The Morgan fingerprint density at radius 2 is 2.27 bits per heavy atom. The molecule has 5 nitrogen and oxygen atoms in total. The van der Waals surface area contributed by atoms with E-state index in [0.29, 0.717) is 11.2 Å². The third-order valence-electron chi connectivity index (χ3n) is 3.66. The average molecular weight is 339 g/mol. The number of thiazole rings is 1. The van der Waals surface area contributed by atoms with E-state index in [-0.39, 0.29) is 24.2 Å². The van der Waals surface area contributed by atoms with Gasteiger partial charge in [0.15, 0.2) is 5.13 Å². The zero-order chi connectivity index (χ0) is 14.7. The minimum absolute atomic E-state index is 0. The number of piperidine rings is 1. The largest absolute Gasteiger partial charge is 0.314 e. The van der Waals surface area contributed by atoms with E-state index in [4.69, 9.17) is 0 Å². The third-order valence-corrected chi connectivity index (χ3v) is 4.41. The van der Waals surface area contributed by atoms with Gasteiger partial charge in [-0.05, 0) is 38.4 Å². The van der Waals surface area contributed by atoms with Crippen molar-refractivity contribution >= 4 is 34.8 Å². The third kappa shape index (κ3) is 4.03. The summed E-state index contributed by atoms with van der Waals surface area (Å²) in [6.07, 6.45) is 3.50. The molecule has 0 saturated carbocycles. The summed E-state index contributed by atoms with van der Waals surface area (Å²) in [5, 5.41) is 8.86. The molecular formula is C15H19ClN4OS. The molecule has 3 heterocycles. The van der Waals surface area contributed by atoms with Crippen LogP contribution in [0.3, 0.4) is 0 Å². The molecule has 1 aliphatic rings. The predicted molar refractivity (Wildman–Crippen MR) is 91.4 cm³/mol. The molecule has 1 fully saturated rings. The topological polar surface area (TPSA) is 66.9 Å². The first kappa shape index (κ1) is 16.9. The van der Waals surface area contributed by atoms with Crippen molar-refractivity contribution in [1.29, 1.82) is 0 Å². The Labute approximate surface area is 140 Å². The Balaban J connectivity index is 0.00000176. The van der Waals surface area contributed by atoms with Crippen LogP contribution in [0.1, 0.15) is 19.8 Å². The standard InChI is InChI=1S/C15H18N4OS.ClH/c1-10-8-11(5-7-16-10)14(20)19-15-18-13(9-21-15)12-4-2-3-6-17-12;/h2-4,6,9-11,16H,5,7-8H2,1H3,(H,18,19,20);1H/t10-,11-;/m0./s1. The molecule has 2 N–H and O–H groups in total. The van der Waals surface area contributed by atoms with E-state index in [2.05, 4.69) is 27.5 Å². The summed E-state index contributed by atoms with van der Waals surface area (Å²) in [7, 11) is 0. The monoisotopic (exact) mass is 338 g/mol. The molecule has 3 rings (SSSR count). The van der Waals surface area contributed by atoms with Gasteiger partial charge in [-0.25, -0.2) is 4.98 Å². The van der Waals surface area contributed by atoms with Crippen LogP contribution in [0.15, 0.2) is 29.8 Å². The second kappa shape index (κ2) is 7.67. The van der Waals surface area contributed by atoms with Gasteiger partial charge in [0.25, 0.3) is 0 Å². The van der Waals surface area contributed by atoms with Gasteiger partial charge in [0, 0.05) is 23.5 Å². The fourth-order valence-corrected chi connectivity index (χ4v) is 3.25. The second-order valence-corrected chi connectivity index (χ2v) is 6.18. The molecule has 0 unspecified atom stereocenters. The highest BCUT2D eigenvalue weighted by molar-refractivity contribution is 7.14. The number of nitrogens with one attached hydrogen (secondary N) is 2. The lowest BCUT2D eigenvalue weighted by Crippen LogP contribution is -2.40. The number of aromatic nitrogens is 2. The second-order valence-electron chi connectivity index (χ2n) is 5.32. The average Bonchev–Trinajstić information content (AvgIpc) is 2.97. The van der Waals surface area contributed by atoms with E-state index < -0.39 is 0 Å². The molecule has 0 aromatic carbocycles. The summed E-state index contributed by atoms with van der Waals surface area (Å²) >= 11 is 1.44. The summed E-state index contributed by atoms with van der Waals surface area (Å²) in [6, 6.07) is 6.11. The quantitative estimate of drug-likeness (QED) is 0.903. The lowest BCUT2D eigenvalue weighted by Gasteiger charge is -2.26. The Morgan fingerprint density at radius 1 is 1.41 bits per heavy atom. The van der Waals surface area contributed by atoms with Crippen LogP contribution in [0.4, 0.5) is 5.13 Å². The lowest BCUT2D eigenvalue weighted by atomic mass is 9.92. The van der Waals surface area contributed by atoms with E-state index in [9.17, 15) is 4.79 Å². The first-order chi connectivity index (χ1) is 10.2. The Hall–Kier alpha value is -1.50. The van der Waals surface area contributed by atoms with Gasteiger partial charge in [0.2, 0.25) is 5.91 Å². The van der Waals surface area contributed by atoms with Crippen molar-refractivity contribution in [2.24, 2.45) is 5.92 Å². The number of rotatable bonds is 3. The first-order valence-electron chi connectivity index (χ1n) is 7.13. The van der Waals surface area contributed by atoms with Crippen LogP contribution in [0.5, 0.6) is 0 Å². The molecule has 2 aromatic heterocycles. The molecule has 1 aliphatic heterocycles. The number of hydrogen-bond acceptors (Lipinski definition) is 5. The Bertz CT molecular complexity index is 619. The minimum Gasteiger partial charge on any atom is -0.314 e. The Kier molecular flexibility index (Phi) is 5.88. The summed E-state index contributed by atoms with van der Waals surface area (Å²) in [5.74, 6) is 0.147. The van der Waals surface area contributed by atoms with Crippen LogP contribution in [-0.2, 0) is 4.79 Å². The van der Waals surface area contributed by atoms with Crippen molar-refractivity contribution in [3.05, 3.63) is 29.8 Å². The fraction of sp³-hybridized carbons (Fsp3) is 0.400. The molecular weight excluding hydrogens is 320 g/mol. The fourth-order valence-electron chi connectivity index (χ4n) is 2.54.